The first-order valence-corrected chi connectivity index (χ1v) is 13.8. The Hall–Kier alpha value is -4.12. The Morgan fingerprint density at radius 1 is 0.897 bits per heavy atom. The molecule has 3 aromatic rings. The van der Waals surface area contributed by atoms with E-state index in [1.165, 1.54) is 35.2 Å². The number of piperazine rings is 1. The normalized spacial score (nSPS) is 14.5. The quantitative estimate of drug-likeness (QED) is 0.323. The first kappa shape index (κ1) is 27.9. The van der Waals surface area contributed by atoms with Crippen molar-refractivity contribution in [1.29, 1.82) is 0 Å². The number of amides is 3. The number of nitrogens with one attached hydrogen (secondary N) is 1. The second kappa shape index (κ2) is 11.7. The third-order valence-electron chi connectivity index (χ3n) is 6.19. The largest absolute Gasteiger partial charge is 0.465 e. The van der Waals surface area contributed by atoms with Gasteiger partial charge in [0, 0.05) is 31.7 Å². The van der Waals surface area contributed by atoms with E-state index in [0.29, 0.717) is 16.8 Å². The van der Waals surface area contributed by atoms with Crippen LogP contribution in [0.1, 0.15) is 10.5 Å². The maximum Gasteiger partial charge on any atom is 0.407 e. The van der Waals surface area contributed by atoms with Crippen LogP contribution in [0.15, 0.2) is 66.7 Å². The molecule has 0 spiro atoms. The second-order valence-electron chi connectivity index (χ2n) is 8.97. The fraction of sp³-hybridized carbons (Fsp3) is 0.231. The number of carbonyl (C=O) groups excluding carboxylic acids is 2. The number of nitrogens with zero attached hydrogens (tertiary/aromatic N) is 3. The molecule has 0 aliphatic carbocycles. The van der Waals surface area contributed by atoms with E-state index < -0.39 is 43.5 Å². The molecule has 2 heterocycles. The van der Waals surface area contributed by atoms with E-state index >= 15 is 0 Å². The zero-order chi connectivity index (χ0) is 28.2. The van der Waals surface area contributed by atoms with Gasteiger partial charge in [-0.15, -0.1) is 0 Å². The van der Waals surface area contributed by atoms with Crippen molar-refractivity contribution >= 4 is 25.5 Å². The molecule has 1 fully saturated rings. The Bertz CT molecular complexity index is 1410. The molecular weight excluding hydrogens is 530 g/mol. The van der Waals surface area contributed by atoms with E-state index in [2.05, 4.69) is 10.3 Å². The topological polar surface area (TPSA) is 160 Å². The summed E-state index contributed by atoms with van der Waals surface area (Å²) >= 11 is 0. The van der Waals surface area contributed by atoms with Crippen LogP contribution in [0.5, 0.6) is 0 Å². The first-order chi connectivity index (χ1) is 18.5. The minimum atomic E-state index is -4.74. The molecule has 4 N–H and O–H groups in total. The maximum absolute atomic E-state index is 13.5. The van der Waals surface area contributed by atoms with Gasteiger partial charge in [0.15, 0.2) is 0 Å². The van der Waals surface area contributed by atoms with Gasteiger partial charge in [-0.25, -0.2) is 14.2 Å². The Balaban J connectivity index is 1.64. The number of rotatable bonds is 7. The van der Waals surface area contributed by atoms with Crippen LogP contribution in [0, 0.1) is 5.82 Å². The Morgan fingerprint density at radius 2 is 1.51 bits per heavy atom. The van der Waals surface area contributed by atoms with Gasteiger partial charge in [0.2, 0.25) is 5.91 Å². The van der Waals surface area contributed by atoms with Gasteiger partial charge >= 0.3 is 13.7 Å². The molecule has 1 saturated heterocycles. The molecule has 1 aliphatic rings. The van der Waals surface area contributed by atoms with E-state index in [4.69, 9.17) is 5.11 Å². The fourth-order valence-electron chi connectivity index (χ4n) is 4.21. The monoisotopic (exact) mass is 556 g/mol. The van der Waals surface area contributed by atoms with Crippen molar-refractivity contribution in [2.24, 2.45) is 0 Å². The van der Waals surface area contributed by atoms with Gasteiger partial charge in [-0.3, -0.25) is 14.2 Å². The van der Waals surface area contributed by atoms with E-state index in [1.807, 2.05) is 30.3 Å². The summed E-state index contributed by atoms with van der Waals surface area (Å²) in [6.07, 6.45) is -2.08. The smallest absolute Gasteiger partial charge is 0.407 e. The Labute approximate surface area is 223 Å². The highest BCUT2D eigenvalue weighted by atomic mass is 31.2. The van der Waals surface area contributed by atoms with Crippen LogP contribution in [0.2, 0.25) is 0 Å². The van der Waals surface area contributed by atoms with Crippen molar-refractivity contribution in [1.82, 2.24) is 20.1 Å². The Morgan fingerprint density at radius 3 is 2.10 bits per heavy atom. The summed E-state index contributed by atoms with van der Waals surface area (Å²) in [5.41, 5.74) is 2.13. The molecule has 204 valence electrons. The summed E-state index contributed by atoms with van der Waals surface area (Å²) < 4.78 is 25.3. The molecule has 0 saturated carbocycles. The van der Waals surface area contributed by atoms with Gasteiger partial charge in [0.05, 0.1) is 11.9 Å². The van der Waals surface area contributed by atoms with Crippen molar-refractivity contribution in [3.05, 3.63) is 78.2 Å². The molecule has 0 unspecified atom stereocenters. The molecule has 39 heavy (non-hydrogen) atoms. The molecular formula is C26H26FN4O7P. The van der Waals surface area contributed by atoms with E-state index in [1.54, 1.807) is 6.07 Å². The van der Waals surface area contributed by atoms with Crippen molar-refractivity contribution in [3.63, 3.8) is 0 Å². The zero-order valence-electron chi connectivity index (χ0n) is 20.6. The van der Waals surface area contributed by atoms with Crippen molar-refractivity contribution < 1.29 is 38.2 Å². The SMILES string of the molecule is O=C(N[C@@H](CP(=O)(O)O)C(=O)N1CCN(C(=O)O)CC1)c1cc(-c2ccccc2)cc(-c2ccc(F)cc2)n1. The zero-order valence-corrected chi connectivity index (χ0v) is 21.5. The fourth-order valence-corrected chi connectivity index (χ4v) is 4.93. The van der Waals surface area contributed by atoms with Crippen LogP contribution in [0.4, 0.5) is 9.18 Å². The first-order valence-electron chi connectivity index (χ1n) is 12.0. The van der Waals surface area contributed by atoms with Crippen LogP contribution in [0.3, 0.4) is 0 Å². The average molecular weight is 556 g/mol. The van der Waals surface area contributed by atoms with Crippen LogP contribution in [-0.4, -0.2) is 86.0 Å². The number of aromatic nitrogens is 1. The summed E-state index contributed by atoms with van der Waals surface area (Å²) in [5, 5.41) is 11.5. The van der Waals surface area contributed by atoms with Crippen molar-refractivity contribution in [2.45, 2.75) is 6.04 Å². The lowest BCUT2D eigenvalue weighted by Crippen LogP contribution is -2.56. The van der Waals surface area contributed by atoms with E-state index in [9.17, 15) is 33.1 Å². The molecule has 0 bridgehead atoms. The molecule has 2 aromatic carbocycles. The molecule has 13 heteroatoms. The highest BCUT2D eigenvalue weighted by Gasteiger charge is 2.34. The number of hydrogen-bond acceptors (Lipinski definition) is 5. The van der Waals surface area contributed by atoms with Crippen molar-refractivity contribution in [3.8, 4) is 22.4 Å². The van der Waals surface area contributed by atoms with Gasteiger partial charge < -0.3 is 30.0 Å². The van der Waals surface area contributed by atoms with E-state index in [0.717, 1.165) is 10.5 Å². The predicted molar refractivity (Wildman–Crippen MR) is 139 cm³/mol. The second-order valence-corrected chi connectivity index (χ2v) is 10.7. The summed E-state index contributed by atoms with van der Waals surface area (Å²) in [6.45, 7) is 0.0724. The highest BCUT2D eigenvalue weighted by Crippen LogP contribution is 2.35. The average Bonchev–Trinajstić information content (AvgIpc) is 2.92. The molecule has 1 aliphatic heterocycles. The molecule has 0 radical (unpaired) electrons. The number of halogens is 1. The minimum absolute atomic E-state index is 0.00905. The van der Waals surface area contributed by atoms with Gasteiger partial charge in [-0.1, -0.05) is 30.3 Å². The minimum Gasteiger partial charge on any atom is -0.465 e. The lowest BCUT2D eigenvalue weighted by Gasteiger charge is -2.35. The number of hydrogen-bond donors (Lipinski definition) is 4. The maximum atomic E-state index is 13.5. The van der Waals surface area contributed by atoms with Gasteiger partial charge in [0.25, 0.3) is 5.91 Å². The third-order valence-corrected chi connectivity index (χ3v) is 7.03. The summed E-state index contributed by atoms with van der Waals surface area (Å²) in [7, 11) is -4.74. The number of carboxylic acid groups (broad SMARTS) is 1. The number of carbonyl (C=O) groups is 3. The van der Waals surface area contributed by atoms with E-state index in [-0.39, 0.29) is 31.9 Å². The summed E-state index contributed by atoms with van der Waals surface area (Å²) in [5.74, 6) is -2.03. The Kier molecular flexibility index (Phi) is 8.39. The van der Waals surface area contributed by atoms with Crippen LogP contribution >= 0.6 is 7.60 Å². The lowest BCUT2D eigenvalue weighted by molar-refractivity contribution is -0.134. The van der Waals surface area contributed by atoms with Gasteiger partial charge in [-0.2, -0.15) is 0 Å². The van der Waals surface area contributed by atoms with Crippen LogP contribution < -0.4 is 5.32 Å². The van der Waals surface area contributed by atoms with Crippen LogP contribution in [0.25, 0.3) is 22.4 Å². The summed E-state index contributed by atoms with van der Waals surface area (Å²) in [4.78, 5) is 63.7. The van der Waals surface area contributed by atoms with Gasteiger partial charge in [0.1, 0.15) is 17.6 Å². The highest BCUT2D eigenvalue weighted by molar-refractivity contribution is 7.51. The third kappa shape index (κ3) is 7.26. The van der Waals surface area contributed by atoms with Crippen LogP contribution in [-0.2, 0) is 9.36 Å². The number of pyridine rings is 1. The molecule has 1 aromatic heterocycles. The molecule has 1 atom stereocenters. The predicted octanol–water partition coefficient (Wildman–Crippen LogP) is 2.65. The van der Waals surface area contributed by atoms with Gasteiger partial charge in [-0.05, 0) is 47.5 Å². The number of benzene rings is 2. The van der Waals surface area contributed by atoms with Crippen molar-refractivity contribution in [2.75, 3.05) is 32.3 Å². The lowest BCUT2D eigenvalue weighted by atomic mass is 10.0. The summed E-state index contributed by atoms with van der Waals surface area (Å²) in [6, 6.07) is 16.2. The molecule has 3 amide bonds. The standard InChI is InChI=1S/C26H26FN4O7P/c27-20-8-6-18(7-9-20)21-14-19(17-4-2-1-3-5-17)15-22(28-21)24(32)29-23(16-39(36,37)38)25(33)30-10-12-31(13-11-30)26(34)35/h1-9,14-15,23H,10-13,16H2,(H,29,32)(H,34,35)(H2,36,37,38)/t23-/m0/s1. The molecule has 11 nitrogen and oxygen atoms in total. The molecule has 4 rings (SSSR count).